The molecule has 2 rings (SSSR count). The fourth-order valence-electron chi connectivity index (χ4n) is 7.89. The van der Waals surface area contributed by atoms with Gasteiger partial charge in [-0.3, -0.25) is 23.7 Å². The lowest BCUT2D eigenvalue weighted by molar-refractivity contribution is -0.146. The van der Waals surface area contributed by atoms with Crippen LogP contribution in [0.25, 0.3) is 0 Å². The first-order chi connectivity index (χ1) is 27.7. The second kappa shape index (κ2) is 24.6. The van der Waals surface area contributed by atoms with Crippen LogP contribution in [0, 0.1) is 17.8 Å². The van der Waals surface area contributed by atoms with Crippen molar-refractivity contribution in [2.24, 2.45) is 28.5 Å². The first-order valence-electron chi connectivity index (χ1n) is 20.9. The molecular weight excluding hydrogens is 775 g/mol. The standard InChI is InChI=1S/C42H75N8O8P/c1-13-29(4)38(49(10)41(54)37(28(2)3)46-42(47(6)7)48(8)9)33(57-11)26-36(52)50-24-17-21-32(50)39(58-12)30(5)40(53)45-35(25-31-19-15-14-16-20-31)59(55,56)27-34(51)44-23-18-22-43/h14-16,19-20,28-30,32-33,35,37-39H,13,17-18,21-27,43H2,1-12H3,(H,44,51)(H,45,53)(H,55,56)/t29-,30+,32?,33+,35+,37?,38-,39+/m0/s1. The van der Waals surface area contributed by atoms with Gasteiger partial charge in [-0.2, -0.15) is 0 Å². The van der Waals surface area contributed by atoms with Crippen molar-refractivity contribution < 1.29 is 38.1 Å². The maximum Gasteiger partial charge on any atom is 0.247 e. The van der Waals surface area contributed by atoms with Gasteiger partial charge in [0.1, 0.15) is 18.0 Å². The number of nitrogens with two attached hydrogens (primary N) is 1. The van der Waals surface area contributed by atoms with Crippen LogP contribution in [0.3, 0.4) is 0 Å². The van der Waals surface area contributed by atoms with E-state index in [2.05, 4.69) is 10.6 Å². The van der Waals surface area contributed by atoms with Gasteiger partial charge < -0.3 is 50.3 Å². The van der Waals surface area contributed by atoms with Crippen LogP contribution < -0.4 is 16.4 Å². The van der Waals surface area contributed by atoms with E-state index >= 15 is 0 Å². The van der Waals surface area contributed by atoms with Crippen LogP contribution in [-0.4, -0.2) is 165 Å². The highest BCUT2D eigenvalue weighted by molar-refractivity contribution is 7.59. The number of nitrogens with one attached hydrogen (secondary N) is 2. The number of carbonyl (C=O) groups excluding carboxylic acids is 4. The molecule has 4 amide bonds. The minimum atomic E-state index is -4.28. The minimum absolute atomic E-state index is 0.00686. The fraction of sp³-hybridized carbons (Fsp3) is 0.738. The van der Waals surface area contributed by atoms with Gasteiger partial charge in [-0.05, 0) is 43.2 Å². The second-order valence-corrected chi connectivity index (χ2v) is 19.1. The normalized spacial score (nSPS) is 18.7. The van der Waals surface area contributed by atoms with Crippen LogP contribution in [-0.2, 0) is 39.6 Å². The Kier molecular flexibility index (Phi) is 21.5. The van der Waals surface area contributed by atoms with E-state index < -0.39 is 67.4 Å². The molecule has 16 nitrogen and oxygen atoms in total. The number of likely N-dealkylation sites (N-methyl/N-ethyl adjacent to an activating group) is 1. The Morgan fingerprint density at radius 1 is 1.02 bits per heavy atom. The molecular formula is C42H75N8O8P. The summed E-state index contributed by atoms with van der Waals surface area (Å²) in [6.45, 7) is 10.8. The lowest BCUT2D eigenvalue weighted by Crippen LogP contribution is -2.55. The van der Waals surface area contributed by atoms with Crippen LogP contribution in [0.5, 0.6) is 0 Å². The first kappa shape index (κ1) is 51.6. The van der Waals surface area contributed by atoms with E-state index in [4.69, 9.17) is 20.2 Å². The smallest absolute Gasteiger partial charge is 0.247 e. The van der Waals surface area contributed by atoms with Crippen LogP contribution in [0.4, 0.5) is 0 Å². The highest BCUT2D eigenvalue weighted by Gasteiger charge is 2.44. The molecule has 0 spiro atoms. The molecule has 1 fully saturated rings. The molecule has 1 aromatic carbocycles. The van der Waals surface area contributed by atoms with Gasteiger partial charge in [0.15, 0.2) is 5.96 Å². The zero-order chi connectivity index (χ0) is 44.6. The van der Waals surface area contributed by atoms with E-state index in [1.807, 2.05) is 71.8 Å². The van der Waals surface area contributed by atoms with Crippen LogP contribution in [0.1, 0.15) is 72.3 Å². The fourth-order valence-corrected chi connectivity index (χ4v) is 9.46. The Hall–Kier alpha value is -3.56. The Labute approximate surface area is 353 Å². The van der Waals surface area contributed by atoms with E-state index in [0.29, 0.717) is 43.9 Å². The van der Waals surface area contributed by atoms with Gasteiger partial charge in [0.2, 0.25) is 31.0 Å². The molecule has 17 heteroatoms. The zero-order valence-electron chi connectivity index (χ0n) is 37.7. The van der Waals surface area contributed by atoms with Crippen molar-refractivity contribution in [3.8, 4) is 0 Å². The van der Waals surface area contributed by atoms with Crippen molar-refractivity contribution in [3.05, 3.63) is 35.9 Å². The molecule has 9 atom stereocenters. The highest BCUT2D eigenvalue weighted by atomic mass is 31.2. The van der Waals surface area contributed by atoms with Gasteiger partial charge in [0.25, 0.3) is 0 Å². The van der Waals surface area contributed by atoms with Crippen molar-refractivity contribution in [2.45, 2.75) is 109 Å². The Bertz CT molecular complexity index is 1550. The average Bonchev–Trinajstić information content (AvgIpc) is 3.67. The largest absolute Gasteiger partial charge is 0.379 e. The molecule has 0 aliphatic carbocycles. The summed E-state index contributed by atoms with van der Waals surface area (Å²) >= 11 is 0. The summed E-state index contributed by atoms with van der Waals surface area (Å²) < 4.78 is 25.8. The molecule has 0 bridgehead atoms. The highest BCUT2D eigenvalue weighted by Crippen LogP contribution is 2.46. The summed E-state index contributed by atoms with van der Waals surface area (Å²) in [5, 5.41) is 5.42. The van der Waals surface area contributed by atoms with Gasteiger partial charge in [0, 0.05) is 69.0 Å². The number of guanidine groups is 1. The predicted molar refractivity (Wildman–Crippen MR) is 233 cm³/mol. The summed E-state index contributed by atoms with van der Waals surface area (Å²) in [6, 6.07) is 7.42. The van der Waals surface area contributed by atoms with Gasteiger partial charge in [-0.1, -0.05) is 71.4 Å². The number of nitrogens with zero attached hydrogens (tertiary/aromatic N) is 5. The number of hydrogen-bond donors (Lipinski definition) is 4. The van der Waals surface area contributed by atoms with Crippen LogP contribution >= 0.6 is 7.37 Å². The van der Waals surface area contributed by atoms with E-state index in [1.54, 1.807) is 55.1 Å². The Balaban J connectivity index is 2.36. The number of amides is 4. The number of ether oxygens (including phenoxy) is 2. The van der Waals surface area contributed by atoms with Crippen LogP contribution in [0.2, 0.25) is 0 Å². The molecule has 0 saturated carbocycles. The van der Waals surface area contributed by atoms with Crippen molar-refractivity contribution in [1.82, 2.24) is 30.2 Å². The predicted octanol–water partition coefficient (Wildman–Crippen LogP) is 2.83. The molecule has 5 N–H and O–H groups in total. The molecule has 1 aliphatic heterocycles. The summed E-state index contributed by atoms with van der Waals surface area (Å²) in [5.41, 5.74) is 6.24. The zero-order valence-corrected chi connectivity index (χ0v) is 38.6. The van der Waals surface area contributed by atoms with Gasteiger partial charge in [-0.25, -0.2) is 4.99 Å². The van der Waals surface area contributed by atoms with Gasteiger partial charge in [-0.15, -0.1) is 0 Å². The first-order valence-corrected chi connectivity index (χ1v) is 22.8. The van der Waals surface area contributed by atoms with Crippen molar-refractivity contribution in [3.63, 3.8) is 0 Å². The number of rotatable bonds is 23. The minimum Gasteiger partial charge on any atom is -0.379 e. The number of aliphatic imine (C=N–C) groups is 1. The maximum absolute atomic E-state index is 14.3. The molecule has 1 heterocycles. The molecule has 0 aromatic heterocycles. The summed E-state index contributed by atoms with van der Waals surface area (Å²) in [6.07, 6.45) is 0.486. The molecule has 3 unspecified atom stereocenters. The lowest BCUT2D eigenvalue weighted by Gasteiger charge is -2.40. The summed E-state index contributed by atoms with van der Waals surface area (Å²) in [4.78, 5) is 78.6. The maximum atomic E-state index is 14.3. The van der Waals surface area contributed by atoms with E-state index in [-0.39, 0.29) is 43.0 Å². The second-order valence-electron chi connectivity index (χ2n) is 16.6. The van der Waals surface area contributed by atoms with Crippen LogP contribution in [0.15, 0.2) is 35.3 Å². The third-order valence-electron chi connectivity index (χ3n) is 11.3. The monoisotopic (exact) mass is 851 g/mol. The Morgan fingerprint density at radius 2 is 1.64 bits per heavy atom. The molecule has 336 valence electrons. The summed E-state index contributed by atoms with van der Waals surface area (Å²) in [5.74, 6) is -3.03. The molecule has 59 heavy (non-hydrogen) atoms. The number of methoxy groups -OCH3 is 2. The van der Waals surface area contributed by atoms with E-state index in [9.17, 15) is 28.6 Å². The van der Waals surface area contributed by atoms with Crippen molar-refractivity contribution >= 4 is 37.0 Å². The van der Waals surface area contributed by atoms with E-state index in [0.717, 1.165) is 6.42 Å². The number of hydrogen-bond acceptors (Lipinski definition) is 9. The Morgan fingerprint density at radius 3 is 2.17 bits per heavy atom. The van der Waals surface area contributed by atoms with E-state index in [1.165, 1.54) is 7.11 Å². The SMILES string of the molecule is CC[C@H](C)[C@@H]([C@@H](CC(=O)N1CCCC1[C@H](OC)[C@@H](C)C(=O)N[C@@H](Cc1ccccc1)P(=O)(O)CC(=O)NCCCN)OC)N(C)C(=O)C(N=C(N(C)C)N(C)C)C(C)C. The van der Waals surface area contributed by atoms with Crippen molar-refractivity contribution in [1.29, 1.82) is 0 Å². The number of carbonyl (C=O) groups is 4. The van der Waals surface area contributed by atoms with Crippen molar-refractivity contribution in [2.75, 3.05) is 75.3 Å². The number of benzene rings is 1. The number of likely N-dealkylation sites (tertiary alicyclic amines) is 1. The molecule has 0 radical (unpaired) electrons. The topological polar surface area (TPSA) is 199 Å². The lowest BCUT2D eigenvalue weighted by atomic mass is 9.89. The van der Waals surface area contributed by atoms with Gasteiger partial charge >= 0.3 is 0 Å². The molecule has 1 aliphatic rings. The summed E-state index contributed by atoms with van der Waals surface area (Å²) in [7, 11) is 8.07. The van der Waals surface area contributed by atoms with Gasteiger partial charge in [0.05, 0.1) is 36.6 Å². The quantitative estimate of drug-likeness (QED) is 0.0547. The molecule has 1 aromatic rings. The average molecular weight is 851 g/mol. The third kappa shape index (κ3) is 14.8. The third-order valence-corrected chi connectivity index (χ3v) is 13.4. The molecule has 1 saturated heterocycles.